The Morgan fingerprint density at radius 1 is 1.25 bits per heavy atom. The molecule has 0 aliphatic carbocycles. The van der Waals surface area contributed by atoms with E-state index in [9.17, 15) is 15.0 Å². The smallest absolute Gasteiger partial charge is 0.338 e. The van der Waals surface area contributed by atoms with Crippen LogP contribution in [0.4, 0.5) is 0 Å². The van der Waals surface area contributed by atoms with Gasteiger partial charge in [0.15, 0.2) is 0 Å². The number of halogens is 1. The van der Waals surface area contributed by atoms with E-state index >= 15 is 0 Å². The highest BCUT2D eigenvalue weighted by molar-refractivity contribution is 9.10. The Hall–Kier alpha value is -2.47. The first-order chi connectivity index (χ1) is 11.4. The Morgan fingerprint density at radius 3 is 2.50 bits per heavy atom. The number of aromatic hydroxyl groups is 1. The third-order valence-electron chi connectivity index (χ3n) is 4.13. The first-order valence-corrected chi connectivity index (χ1v) is 8.07. The minimum absolute atomic E-state index is 0.0200. The van der Waals surface area contributed by atoms with E-state index < -0.39 is 5.97 Å². The van der Waals surface area contributed by atoms with Crippen LogP contribution in [0.3, 0.4) is 0 Å². The molecular formula is C18H16BrNO4. The molecule has 5 nitrogen and oxygen atoms in total. The summed E-state index contributed by atoms with van der Waals surface area (Å²) in [5, 5.41) is 20.1. The van der Waals surface area contributed by atoms with Crippen LogP contribution in [-0.4, -0.2) is 27.9 Å². The maximum atomic E-state index is 11.8. The van der Waals surface area contributed by atoms with Gasteiger partial charge in [0, 0.05) is 24.5 Å². The number of carboxylic acid groups (broad SMARTS) is 1. The molecular weight excluding hydrogens is 374 g/mol. The Balaban J connectivity index is 2.16. The van der Waals surface area contributed by atoms with Crippen LogP contribution in [0.5, 0.6) is 11.5 Å². The molecule has 0 radical (unpaired) electrons. The van der Waals surface area contributed by atoms with Crippen molar-refractivity contribution in [1.82, 2.24) is 4.57 Å². The largest absolute Gasteiger partial charge is 0.507 e. The van der Waals surface area contributed by atoms with Gasteiger partial charge < -0.3 is 19.5 Å². The van der Waals surface area contributed by atoms with Crippen LogP contribution in [-0.2, 0) is 13.5 Å². The molecule has 124 valence electrons. The standard InChI is InChI=1S/C18H16BrNO4/c1-20-14-9-13(19)16(21)8-12(14)17(18(22)23)15(20)7-10-3-5-11(24-2)6-4-10/h3-6,8-9,21H,7H2,1-2H3,(H,22,23). The molecule has 2 aromatic carbocycles. The fourth-order valence-corrected chi connectivity index (χ4v) is 3.21. The lowest BCUT2D eigenvalue weighted by atomic mass is 10.0. The molecule has 0 unspecified atom stereocenters. The van der Waals surface area contributed by atoms with E-state index in [1.165, 1.54) is 6.07 Å². The van der Waals surface area contributed by atoms with Crippen molar-refractivity contribution in [2.24, 2.45) is 7.05 Å². The highest BCUT2D eigenvalue weighted by Crippen LogP contribution is 2.34. The van der Waals surface area contributed by atoms with E-state index in [0.717, 1.165) is 16.8 Å². The summed E-state index contributed by atoms with van der Waals surface area (Å²) in [6.45, 7) is 0. The summed E-state index contributed by atoms with van der Waals surface area (Å²) in [7, 11) is 3.43. The summed E-state index contributed by atoms with van der Waals surface area (Å²) in [6.07, 6.45) is 0.467. The number of phenols is 1. The van der Waals surface area contributed by atoms with E-state index in [2.05, 4.69) is 15.9 Å². The molecule has 3 aromatic rings. The summed E-state index contributed by atoms with van der Waals surface area (Å²) < 4.78 is 7.53. The van der Waals surface area contributed by atoms with Crippen molar-refractivity contribution in [3.8, 4) is 11.5 Å². The number of benzene rings is 2. The first kappa shape index (κ1) is 16.4. The Labute approximate surface area is 147 Å². The summed E-state index contributed by atoms with van der Waals surface area (Å²) >= 11 is 3.28. The number of fused-ring (bicyclic) bond motifs is 1. The normalized spacial score (nSPS) is 11.0. The van der Waals surface area contributed by atoms with Gasteiger partial charge in [-0.15, -0.1) is 0 Å². The second kappa shape index (κ2) is 6.20. The molecule has 0 saturated carbocycles. The number of phenolic OH excluding ortho intramolecular Hbond substituents is 1. The number of carbonyl (C=O) groups is 1. The van der Waals surface area contributed by atoms with E-state index in [1.807, 2.05) is 35.9 Å². The van der Waals surface area contributed by atoms with Gasteiger partial charge >= 0.3 is 5.97 Å². The number of aromatic nitrogens is 1. The molecule has 1 aromatic heterocycles. The van der Waals surface area contributed by atoms with E-state index in [0.29, 0.717) is 22.0 Å². The predicted octanol–water partition coefficient (Wildman–Crippen LogP) is 3.94. The SMILES string of the molecule is COc1ccc(Cc2c(C(=O)O)c3cc(O)c(Br)cc3n2C)cc1. The molecule has 0 bridgehead atoms. The van der Waals surface area contributed by atoms with Gasteiger partial charge in [0.1, 0.15) is 11.5 Å². The van der Waals surface area contributed by atoms with Gasteiger partial charge in [0.25, 0.3) is 0 Å². The van der Waals surface area contributed by atoms with Crippen molar-refractivity contribution in [1.29, 1.82) is 0 Å². The lowest BCUT2D eigenvalue weighted by molar-refractivity contribution is 0.0697. The molecule has 0 amide bonds. The third kappa shape index (κ3) is 2.73. The van der Waals surface area contributed by atoms with Gasteiger partial charge in [-0.2, -0.15) is 0 Å². The molecule has 0 fully saturated rings. The molecule has 0 atom stereocenters. The van der Waals surface area contributed by atoms with Gasteiger partial charge in [0.05, 0.1) is 22.7 Å². The maximum Gasteiger partial charge on any atom is 0.338 e. The monoisotopic (exact) mass is 389 g/mol. The van der Waals surface area contributed by atoms with Crippen LogP contribution in [0, 0.1) is 0 Å². The lowest BCUT2D eigenvalue weighted by Crippen LogP contribution is -2.05. The van der Waals surface area contributed by atoms with Crippen LogP contribution >= 0.6 is 15.9 Å². The molecule has 24 heavy (non-hydrogen) atoms. The number of ether oxygens (including phenoxy) is 1. The van der Waals surface area contributed by atoms with Gasteiger partial charge in [-0.05, 0) is 45.8 Å². The van der Waals surface area contributed by atoms with Gasteiger partial charge in [-0.25, -0.2) is 4.79 Å². The highest BCUT2D eigenvalue weighted by atomic mass is 79.9. The van der Waals surface area contributed by atoms with Crippen LogP contribution in [0.25, 0.3) is 10.9 Å². The number of aromatic carboxylic acids is 1. The maximum absolute atomic E-state index is 11.8. The van der Waals surface area contributed by atoms with E-state index in [1.54, 1.807) is 13.2 Å². The molecule has 0 aliphatic heterocycles. The first-order valence-electron chi connectivity index (χ1n) is 7.28. The number of aryl methyl sites for hydroxylation is 1. The number of methoxy groups -OCH3 is 1. The zero-order chi connectivity index (χ0) is 17.4. The second-order valence-corrected chi connectivity index (χ2v) is 6.39. The topological polar surface area (TPSA) is 71.7 Å². The van der Waals surface area contributed by atoms with Crippen molar-refractivity contribution < 1.29 is 19.7 Å². The number of nitrogens with zero attached hydrogens (tertiary/aromatic N) is 1. The molecule has 3 rings (SSSR count). The van der Waals surface area contributed by atoms with E-state index in [4.69, 9.17) is 4.74 Å². The fraction of sp³-hybridized carbons (Fsp3) is 0.167. The minimum Gasteiger partial charge on any atom is -0.507 e. The van der Waals surface area contributed by atoms with Crippen LogP contribution in [0.2, 0.25) is 0 Å². The summed E-state index contributed by atoms with van der Waals surface area (Å²) in [6, 6.07) is 10.7. The number of hydrogen-bond donors (Lipinski definition) is 2. The lowest BCUT2D eigenvalue weighted by Gasteiger charge is -2.07. The Bertz CT molecular complexity index is 929. The molecule has 0 spiro atoms. The molecule has 0 saturated heterocycles. The average molecular weight is 390 g/mol. The number of rotatable bonds is 4. The van der Waals surface area contributed by atoms with Crippen LogP contribution in [0.15, 0.2) is 40.9 Å². The van der Waals surface area contributed by atoms with Crippen LogP contribution < -0.4 is 4.74 Å². The zero-order valence-electron chi connectivity index (χ0n) is 13.2. The van der Waals surface area contributed by atoms with Crippen molar-refractivity contribution in [3.05, 3.63) is 57.7 Å². The second-order valence-electron chi connectivity index (χ2n) is 5.53. The Kier molecular flexibility index (Phi) is 4.24. The van der Waals surface area contributed by atoms with E-state index in [-0.39, 0.29) is 11.3 Å². The quantitative estimate of drug-likeness (QED) is 0.708. The third-order valence-corrected chi connectivity index (χ3v) is 4.77. The van der Waals surface area contributed by atoms with Crippen molar-refractivity contribution in [3.63, 3.8) is 0 Å². The predicted molar refractivity (Wildman–Crippen MR) is 95.0 cm³/mol. The fourth-order valence-electron chi connectivity index (χ4n) is 2.88. The van der Waals surface area contributed by atoms with Gasteiger partial charge in [0.2, 0.25) is 0 Å². The summed E-state index contributed by atoms with van der Waals surface area (Å²) in [5.74, 6) is -0.236. The molecule has 2 N–H and O–H groups in total. The Morgan fingerprint density at radius 2 is 1.92 bits per heavy atom. The van der Waals surface area contributed by atoms with Crippen LogP contribution in [0.1, 0.15) is 21.6 Å². The van der Waals surface area contributed by atoms with Gasteiger partial charge in [-0.1, -0.05) is 12.1 Å². The number of hydrogen-bond acceptors (Lipinski definition) is 3. The minimum atomic E-state index is -1.01. The van der Waals surface area contributed by atoms with Crippen molar-refractivity contribution >= 4 is 32.8 Å². The highest BCUT2D eigenvalue weighted by Gasteiger charge is 2.22. The van der Waals surface area contributed by atoms with Crippen molar-refractivity contribution in [2.45, 2.75) is 6.42 Å². The summed E-state index contributed by atoms with van der Waals surface area (Å²) in [4.78, 5) is 11.8. The number of carboxylic acids is 1. The van der Waals surface area contributed by atoms with Crippen molar-refractivity contribution in [2.75, 3.05) is 7.11 Å². The van der Waals surface area contributed by atoms with Gasteiger partial charge in [-0.3, -0.25) is 0 Å². The summed E-state index contributed by atoms with van der Waals surface area (Å²) in [5.41, 5.74) is 2.62. The molecule has 1 heterocycles. The molecule has 0 aliphatic rings. The average Bonchev–Trinajstić information content (AvgIpc) is 2.81. The molecule has 6 heteroatoms. The zero-order valence-corrected chi connectivity index (χ0v) is 14.8.